The second-order valence-electron chi connectivity index (χ2n) is 4.30. The van der Waals surface area contributed by atoms with Crippen molar-refractivity contribution in [2.75, 3.05) is 18.8 Å². The highest BCUT2D eigenvalue weighted by molar-refractivity contribution is 9.10. The zero-order chi connectivity index (χ0) is 11.8. The Bertz CT molecular complexity index is 546. The fourth-order valence-corrected chi connectivity index (χ4v) is 2.91. The van der Waals surface area contributed by atoms with Gasteiger partial charge in [0, 0.05) is 0 Å². The molecule has 0 aliphatic carbocycles. The third kappa shape index (κ3) is 2.08. The molecule has 0 radical (unpaired) electrons. The lowest BCUT2D eigenvalue weighted by Gasteiger charge is -2.20. The Labute approximate surface area is 114 Å². The van der Waals surface area contributed by atoms with Crippen LogP contribution in [0.2, 0.25) is 0 Å². The third-order valence-electron chi connectivity index (χ3n) is 3.21. The van der Waals surface area contributed by atoms with Crippen molar-refractivity contribution in [2.45, 2.75) is 18.9 Å². The summed E-state index contributed by atoms with van der Waals surface area (Å²) in [5, 5.41) is 7.64. The maximum Gasteiger partial charge on any atom is 0.165 e. The van der Waals surface area contributed by atoms with Gasteiger partial charge in [0.25, 0.3) is 0 Å². The molecule has 3 heterocycles. The molecule has 2 aromatic rings. The van der Waals surface area contributed by atoms with Crippen LogP contribution in [0.3, 0.4) is 0 Å². The molecule has 0 aromatic carbocycles. The second-order valence-corrected chi connectivity index (χ2v) is 5.05. The Morgan fingerprint density at radius 2 is 2.28 bits per heavy atom. The maximum absolute atomic E-state index is 5.86. The number of piperidine rings is 1. The van der Waals surface area contributed by atoms with E-state index in [1.807, 2.05) is 4.68 Å². The number of hydrogen-bond donors (Lipinski definition) is 2. The number of anilines is 1. The molecular weight excluding hydrogens is 296 g/mol. The molecule has 0 spiro atoms. The molecule has 0 amide bonds. The number of aromatic nitrogens is 4. The van der Waals surface area contributed by atoms with E-state index in [1.54, 1.807) is 0 Å². The minimum absolute atomic E-state index is 0. The number of rotatable bonds is 1. The first-order valence-corrected chi connectivity index (χ1v) is 6.52. The molecule has 1 aliphatic heterocycles. The molecule has 1 fully saturated rings. The Kier molecular flexibility index (Phi) is 3.82. The summed E-state index contributed by atoms with van der Waals surface area (Å²) in [5.74, 6) is 0.480. The van der Waals surface area contributed by atoms with Gasteiger partial charge in [0.15, 0.2) is 5.65 Å². The van der Waals surface area contributed by atoms with Gasteiger partial charge in [0.1, 0.15) is 22.8 Å². The minimum Gasteiger partial charge on any atom is -0.383 e. The van der Waals surface area contributed by atoms with Gasteiger partial charge in [-0.05, 0) is 28.8 Å². The van der Waals surface area contributed by atoms with Gasteiger partial charge in [0.05, 0.1) is 18.5 Å². The van der Waals surface area contributed by atoms with Crippen LogP contribution in [0.5, 0.6) is 0 Å². The number of hydrogen-bond acceptors (Lipinski definition) is 4. The van der Waals surface area contributed by atoms with E-state index >= 15 is 0 Å². The van der Waals surface area contributed by atoms with E-state index in [2.05, 4.69) is 36.3 Å². The van der Waals surface area contributed by atoms with E-state index < -0.39 is 0 Å². The molecule has 1 atom stereocenters. The Morgan fingerprint density at radius 3 is 3.00 bits per heavy atom. The normalized spacial score (nSPS) is 19.7. The molecule has 4 N–H and O–H groups in total. The van der Waals surface area contributed by atoms with Crippen LogP contribution in [0.4, 0.5) is 5.82 Å². The second kappa shape index (κ2) is 5.19. The topological polar surface area (TPSA) is 86.2 Å². The average molecular weight is 313 g/mol. The molecule has 0 saturated carbocycles. The Morgan fingerprint density at radius 1 is 1.44 bits per heavy atom. The first-order valence-electron chi connectivity index (χ1n) is 5.73. The Hall–Kier alpha value is -1.21. The minimum atomic E-state index is 0. The van der Waals surface area contributed by atoms with Gasteiger partial charge in [-0.2, -0.15) is 5.10 Å². The molecule has 7 heteroatoms. The third-order valence-corrected chi connectivity index (χ3v) is 3.76. The molecule has 6 nitrogen and oxygen atoms in total. The predicted octanol–water partition coefficient (Wildman–Crippen LogP) is 0.520. The fourth-order valence-electron chi connectivity index (χ4n) is 2.36. The van der Waals surface area contributed by atoms with Crippen molar-refractivity contribution >= 4 is 32.8 Å². The van der Waals surface area contributed by atoms with E-state index in [0.717, 1.165) is 28.6 Å². The summed E-state index contributed by atoms with van der Waals surface area (Å²) in [6.45, 7) is 2.25. The quantitative estimate of drug-likeness (QED) is 0.752. The van der Waals surface area contributed by atoms with Crippen molar-refractivity contribution in [3.05, 3.63) is 18.4 Å². The lowest BCUT2D eigenvalue weighted by atomic mass is 10.1. The van der Waals surface area contributed by atoms with Crippen LogP contribution < -0.4 is 11.1 Å². The van der Waals surface area contributed by atoms with E-state index in [-0.39, 0.29) is 7.43 Å². The fraction of sp³-hybridized carbons (Fsp3) is 0.455. The highest BCUT2D eigenvalue weighted by Crippen LogP contribution is 2.28. The molecule has 1 saturated heterocycles. The van der Waals surface area contributed by atoms with Crippen molar-refractivity contribution in [1.82, 2.24) is 19.7 Å². The average Bonchev–Trinajstić information content (AvgIpc) is 2.69. The van der Waals surface area contributed by atoms with Gasteiger partial charge in [-0.15, -0.1) is 0 Å². The van der Waals surface area contributed by atoms with Crippen molar-refractivity contribution in [2.24, 2.45) is 0 Å². The summed E-state index contributed by atoms with van der Waals surface area (Å²) in [4.78, 5) is 8.31. The lowest BCUT2D eigenvalue weighted by Crippen LogP contribution is -2.87. The molecule has 98 valence electrons. The maximum atomic E-state index is 5.86. The van der Waals surface area contributed by atoms with Gasteiger partial charge in [-0.1, -0.05) is 0 Å². The zero-order valence-corrected chi connectivity index (χ0v) is 11.9. The van der Waals surface area contributed by atoms with Crippen LogP contribution in [0.15, 0.2) is 10.9 Å². The number of quaternary nitrogens is 1. The highest BCUT2D eigenvalue weighted by atomic mass is 79.9. The number of nitrogens with zero attached hydrogens (tertiary/aromatic N) is 4. The molecule has 0 bridgehead atoms. The van der Waals surface area contributed by atoms with Crippen LogP contribution in [-0.4, -0.2) is 32.8 Å². The highest BCUT2D eigenvalue weighted by Gasteiger charge is 2.23. The number of halogens is 1. The summed E-state index contributed by atoms with van der Waals surface area (Å²) < 4.78 is 2.71. The molecular formula is C11H17BrN6. The first-order chi connectivity index (χ1) is 8.27. The van der Waals surface area contributed by atoms with E-state index in [4.69, 9.17) is 5.73 Å². The first kappa shape index (κ1) is 13.2. The van der Waals surface area contributed by atoms with Gasteiger partial charge < -0.3 is 18.5 Å². The number of nitrogen functional groups attached to an aromatic ring is 1. The van der Waals surface area contributed by atoms with E-state index in [9.17, 15) is 0 Å². The van der Waals surface area contributed by atoms with Crippen molar-refractivity contribution < 1.29 is 5.32 Å². The van der Waals surface area contributed by atoms with Crippen LogP contribution in [0.25, 0.3) is 11.0 Å². The van der Waals surface area contributed by atoms with Crippen LogP contribution in [0, 0.1) is 7.43 Å². The van der Waals surface area contributed by atoms with E-state index in [0.29, 0.717) is 11.9 Å². The van der Waals surface area contributed by atoms with Crippen molar-refractivity contribution in [1.29, 1.82) is 0 Å². The largest absolute Gasteiger partial charge is 0.383 e. The van der Waals surface area contributed by atoms with Crippen molar-refractivity contribution in [3.63, 3.8) is 0 Å². The lowest BCUT2D eigenvalue weighted by molar-refractivity contribution is -0.667. The molecule has 2 aromatic heterocycles. The van der Waals surface area contributed by atoms with Gasteiger partial charge >= 0.3 is 0 Å². The molecule has 3 rings (SSSR count). The summed E-state index contributed by atoms with van der Waals surface area (Å²) in [7, 11) is 0. The predicted molar refractivity (Wildman–Crippen MR) is 73.8 cm³/mol. The Balaban J connectivity index is 0.00000120. The van der Waals surface area contributed by atoms with Gasteiger partial charge in [-0.3, -0.25) is 0 Å². The standard InChI is InChI=1S/C10H13BrN6.CH3/c11-8-7-9(12)14-5-15-10(7)17(16-8)6-2-1-3-13-4-6;/h5-6,13H,1-4H2,(H2,12,14,15);1H3/q;-1/p+1. The monoisotopic (exact) mass is 312 g/mol. The van der Waals surface area contributed by atoms with Crippen LogP contribution in [-0.2, 0) is 0 Å². The van der Waals surface area contributed by atoms with Gasteiger partial charge in [-0.25, -0.2) is 14.6 Å². The van der Waals surface area contributed by atoms with Crippen LogP contribution >= 0.6 is 15.9 Å². The smallest absolute Gasteiger partial charge is 0.165 e. The summed E-state index contributed by atoms with van der Waals surface area (Å²) in [6.07, 6.45) is 3.85. The molecule has 1 aliphatic rings. The molecule has 1 unspecified atom stereocenters. The van der Waals surface area contributed by atoms with Crippen molar-refractivity contribution in [3.8, 4) is 0 Å². The van der Waals surface area contributed by atoms with Crippen LogP contribution in [0.1, 0.15) is 18.9 Å². The molecule has 18 heavy (non-hydrogen) atoms. The zero-order valence-electron chi connectivity index (χ0n) is 10.3. The SMILES string of the molecule is Nc1ncnc2c1c(Br)nn2C1CCC[NH2+]C1.[CH3-]. The summed E-state index contributed by atoms with van der Waals surface area (Å²) >= 11 is 3.43. The van der Waals surface area contributed by atoms with E-state index in [1.165, 1.54) is 19.3 Å². The number of nitrogens with two attached hydrogens (primary N) is 2. The summed E-state index contributed by atoms with van der Waals surface area (Å²) in [5.41, 5.74) is 6.68. The summed E-state index contributed by atoms with van der Waals surface area (Å²) in [6, 6.07) is 0.395. The number of fused-ring (bicyclic) bond motifs is 1. The van der Waals surface area contributed by atoms with Gasteiger partial charge in [0.2, 0.25) is 0 Å².